The van der Waals surface area contributed by atoms with Gasteiger partial charge in [-0.2, -0.15) is 0 Å². The Bertz CT molecular complexity index is 778. The van der Waals surface area contributed by atoms with Gasteiger partial charge in [0.2, 0.25) is 0 Å². The van der Waals surface area contributed by atoms with Crippen LogP contribution in [-0.4, -0.2) is 13.5 Å². The molecular weight excluding hydrogens is 307 g/mol. The van der Waals surface area contributed by atoms with Crippen molar-refractivity contribution >= 4 is 15.7 Å². The van der Waals surface area contributed by atoms with Gasteiger partial charge in [-0.25, -0.2) is 21.6 Å². The minimum Gasteiger partial charge on any atom is -0.391 e. The van der Waals surface area contributed by atoms with E-state index in [4.69, 9.17) is 5.11 Å². The summed E-state index contributed by atoms with van der Waals surface area (Å²) in [4.78, 5) is -0.836. The van der Waals surface area contributed by atoms with Crippen LogP contribution in [0, 0.1) is 17.5 Å². The number of sulfonamides is 1. The zero-order chi connectivity index (χ0) is 15.6. The third kappa shape index (κ3) is 3.17. The molecule has 0 radical (unpaired) electrons. The van der Waals surface area contributed by atoms with Gasteiger partial charge in [0.25, 0.3) is 10.0 Å². The summed E-state index contributed by atoms with van der Waals surface area (Å²) in [5, 5.41) is 8.87. The highest BCUT2D eigenvalue weighted by atomic mass is 32.2. The molecule has 2 N–H and O–H groups in total. The van der Waals surface area contributed by atoms with Crippen molar-refractivity contribution in [3.05, 3.63) is 59.4 Å². The Morgan fingerprint density at radius 1 is 1.10 bits per heavy atom. The van der Waals surface area contributed by atoms with Crippen LogP contribution >= 0.6 is 0 Å². The Labute approximate surface area is 118 Å². The molecule has 21 heavy (non-hydrogen) atoms. The minimum absolute atomic E-state index is 0.107. The van der Waals surface area contributed by atoms with Gasteiger partial charge in [-0.15, -0.1) is 0 Å². The summed E-state index contributed by atoms with van der Waals surface area (Å²) >= 11 is 0. The topological polar surface area (TPSA) is 66.4 Å². The third-order valence-corrected chi connectivity index (χ3v) is 4.07. The Kier molecular flexibility index (Phi) is 4.19. The highest BCUT2D eigenvalue weighted by Gasteiger charge is 2.23. The fourth-order valence-corrected chi connectivity index (χ4v) is 2.84. The zero-order valence-electron chi connectivity index (χ0n) is 10.5. The van der Waals surface area contributed by atoms with Gasteiger partial charge in [-0.05, 0) is 30.3 Å². The Morgan fingerprint density at radius 3 is 2.43 bits per heavy atom. The molecule has 0 saturated heterocycles. The lowest BCUT2D eigenvalue weighted by atomic mass is 10.2. The molecule has 2 aromatic rings. The molecule has 0 saturated carbocycles. The van der Waals surface area contributed by atoms with Crippen molar-refractivity contribution < 1.29 is 26.7 Å². The van der Waals surface area contributed by atoms with Crippen molar-refractivity contribution in [1.82, 2.24) is 0 Å². The molecule has 0 spiro atoms. The van der Waals surface area contributed by atoms with Gasteiger partial charge in [0.05, 0.1) is 17.9 Å². The first kappa shape index (κ1) is 15.3. The van der Waals surface area contributed by atoms with E-state index < -0.39 is 44.5 Å². The van der Waals surface area contributed by atoms with E-state index in [-0.39, 0.29) is 5.69 Å². The minimum atomic E-state index is -4.38. The van der Waals surface area contributed by atoms with Crippen molar-refractivity contribution in [2.75, 3.05) is 4.72 Å². The first-order valence-corrected chi connectivity index (χ1v) is 7.19. The lowest BCUT2D eigenvalue weighted by Gasteiger charge is -2.11. The Hall–Kier alpha value is -2.06. The summed E-state index contributed by atoms with van der Waals surface area (Å²) in [7, 11) is -4.38. The van der Waals surface area contributed by atoms with Crippen LogP contribution in [-0.2, 0) is 16.6 Å². The fourth-order valence-electron chi connectivity index (χ4n) is 1.69. The highest BCUT2D eigenvalue weighted by Crippen LogP contribution is 2.23. The number of hydrogen-bond donors (Lipinski definition) is 2. The predicted octanol–water partition coefficient (Wildman–Crippen LogP) is 2.40. The number of rotatable bonds is 4. The summed E-state index contributed by atoms with van der Waals surface area (Å²) < 4.78 is 66.2. The van der Waals surface area contributed by atoms with E-state index in [0.29, 0.717) is 0 Å². The van der Waals surface area contributed by atoms with E-state index in [1.54, 1.807) is 0 Å². The quantitative estimate of drug-likeness (QED) is 0.910. The third-order valence-electron chi connectivity index (χ3n) is 2.68. The number of halogens is 3. The molecular formula is C13H10F3NO3S. The monoisotopic (exact) mass is 317 g/mol. The Morgan fingerprint density at radius 2 is 1.81 bits per heavy atom. The summed E-state index contributed by atoms with van der Waals surface area (Å²) in [5.74, 6) is -3.12. The van der Waals surface area contributed by atoms with Gasteiger partial charge in [-0.3, -0.25) is 4.72 Å². The number of hydrogen-bond acceptors (Lipinski definition) is 3. The second kappa shape index (κ2) is 5.74. The van der Waals surface area contributed by atoms with Crippen molar-refractivity contribution in [2.24, 2.45) is 0 Å². The molecule has 2 aromatic carbocycles. The van der Waals surface area contributed by atoms with Crippen molar-refractivity contribution in [1.29, 1.82) is 0 Å². The molecule has 0 aliphatic carbocycles. The SMILES string of the molecule is O=S(=O)(Nc1cccc(F)c1)c1ccc(F)c(CO)c1F. The van der Waals surface area contributed by atoms with Crippen molar-refractivity contribution in [3.63, 3.8) is 0 Å². The number of benzene rings is 2. The Balaban J connectivity index is 2.45. The molecule has 8 heteroatoms. The van der Waals surface area contributed by atoms with Crippen LogP contribution in [0.25, 0.3) is 0 Å². The van der Waals surface area contributed by atoms with Gasteiger partial charge < -0.3 is 5.11 Å². The van der Waals surface area contributed by atoms with Crippen LogP contribution in [0.1, 0.15) is 5.56 Å². The van der Waals surface area contributed by atoms with E-state index >= 15 is 0 Å². The molecule has 0 aliphatic rings. The smallest absolute Gasteiger partial charge is 0.264 e. The van der Waals surface area contributed by atoms with Crippen molar-refractivity contribution in [3.8, 4) is 0 Å². The van der Waals surface area contributed by atoms with Crippen LogP contribution in [0.4, 0.5) is 18.9 Å². The highest BCUT2D eigenvalue weighted by molar-refractivity contribution is 7.92. The number of anilines is 1. The first-order valence-electron chi connectivity index (χ1n) is 5.71. The molecule has 4 nitrogen and oxygen atoms in total. The molecule has 0 atom stereocenters. The van der Waals surface area contributed by atoms with Crippen LogP contribution in [0.15, 0.2) is 41.3 Å². The number of nitrogens with one attached hydrogen (secondary N) is 1. The summed E-state index contributed by atoms with van der Waals surface area (Å²) in [6, 6.07) is 6.02. The average Bonchev–Trinajstić information content (AvgIpc) is 2.38. The summed E-state index contributed by atoms with van der Waals surface area (Å²) in [5.41, 5.74) is -0.860. The van der Waals surface area contributed by atoms with Gasteiger partial charge in [-0.1, -0.05) is 6.07 Å². The van der Waals surface area contributed by atoms with Crippen LogP contribution in [0.5, 0.6) is 0 Å². The second-order valence-electron chi connectivity index (χ2n) is 4.11. The molecule has 0 amide bonds. The van der Waals surface area contributed by atoms with Crippen molar-refractivity contribution in [2.45, 2.75) is 11.5 Å². The summed E-state index contributed by atoms with van der Waals surface area (Å²) in [6.45, 7) is -0.985. The lowest BCUT2D eigenvalue weighted by molar-refractivity contribution is 0.267. The van der Waals surface area contributed by atoms with E-state index in [0.717, 1.165) is 24.3 Å². The molecule has 0 unspecified atom stereocenters. The van der Waals surface area contributed by atoms with Gasteiger partial charge in [0.1, 0.15) is 16.5 Å². The standard InChI is InChI=1S/C13H10F3NO3S/c14-8-2-1-3-9(6-8)17-21(19,20)12-5-4-11(15)10(7-18)13(12)16/h1-6,17-18H,7H2. The van der Waals surface area contributed by atoms with Gasteiger partial charge in [0, 0.05) is 0 Å². The molecule has 0 heterocycles. The maximum Gasteiger partial charge on any atom is 0.264 e. The van der Waals surface area contributed by atoms with E-state index in [1.165, 1.54) is 12.1 Å². The number of aliphatic hydroxyl groups is 1. The average molecular weight is 317 g/mol. The fraction of sp³-hybridized carbons (Fsp3) is 0.0769. The van der Waals surface area contributed by atoms with Crippen LogP contribution in [0.2, 0.25) is 0 Å². The largest absolute Gasteiger partial charge is 0.391 e. The van der Waals surface area contributed by atoms with Gasteiger partial charge in [0.15, 0.2) is 5.82 Å². The molecule has 0 bridgehead atoms. The van der Waals surface area contributed by atoms with Crippen LogP contribution < -0.4 is 4.72 Å². The van der Waals surface area contributed by atoms with Gasteiger partial charge >= 0.3 is 0 Å². The normalized spacial score (nSPS) is 11.4. The molecule has 0 fully saturated rings. The molecule has 2 rings (SSSR count). The number of aliphatic hydroxyl groups excluding tert-OH is 1. The maximum absolute atomic E-state index is 13.9. The molecule has 0 aliphatic heterocycles. The summed E-state index contributed by atoms with van der Waals surface area (Å²) in [6.07, 6.45) is 0. The van der Waals surface area contributed by atoms with E-state index in [2.05, 4.69) is 0 Å². The molecule has 112 valence electrons. The van der Waals surface area contributed by atoms with Crippen LogP contribution in [0.3, 0.4) is 0 Å². The second-order valence-corrected chi connectivity index (χ2v) is 5.76. The van der Waals surface area contributed by atoms with E-state index in [9.17, 15) is 21.6 Å². The van der Waals surface area contributed by atoms with E-state index in [1.807, 2.05) is 4.72 Å². The zero-order valence-corrected chi connectivity index (χ0v) is 11.3. The maximum atomic E-state index is 13.9. The predicted molar refractivity (Wildman–Crippen MR) is 69.5 cm³/mol. The molecule has 0 aromatic heterocycles. The first-order chi connectivity index (χ1) is 9.85. The lowest BCUT2D eigenvalue weighted by Crippen LogP contribution is -2.16.